The fourth-order valence-electron chi connectivity index (χ4n) is 2.71. The molecule has 3 nitrogen and oxygen atoms in total. The predicted octanol–water partition coefficient (Wildman–Crippen LogP) is 2.96. The summed E-state index contributed by atoms with van der Waals surface area (Å²) < 4.78 is 1.89. The number of rotatable bonds is 3. The number of nitriles is 1. The third-order valence-electron chi connectivity index (χ3n) is 4.11. The zero-order valence-corrected chi connectivity index (χ0v) is 11.7. The first-order valence-corrected chi connectivity index (χ1v) is 6.79. The fourth-order valence-corrected chi connectivity index (χ4v) is 2.71. The van der Waals surface area contributed by atoms with Crippen LogP contribution in [0.15, 0.2) is 12.3 Å². The molecule has 18 heavy (non-hydrogen) atoms. The van der Waals surface area contributed by atoms with Crippen molar-refractivity contribution in [2.45, 2.75) is 52.1 Å². The largest absolute Gasteiger partial charge is 0.342 e. The zero-order chi connectivity index (χ0) is 13.2. The lowest BCUT2D eigenvalue weighted by Gasteiger charge is -2.34. The summed E-state index contributed by atoms with van der Waals surface area (Å²) in [6.45, 7) is 5.60. The second-order valence-electron chi connectivity index (χ2n) is 6.28. The molecule has 0 spiro atoms. The number of aryl methyl sites for hydroxylation is 1. The van der Waals surface area contributed by atoms with Gasteiger partial charge in [-0.25, -0.2) is 0 Å². The van der Waals surface area contributed by atoms with Gasteiger partial charge in [0.05, 0.1) is 0 Å². The van der Waals surface area contributed by atoms with Gasteiger partial charge in [-0.1, -0.05) is 13.8 Å². The quantitative estimate of drug-likeness (QED) is 0.889. The van der Waals surface area contributed by atoms with Gasteiger partial charge in [0.2, 0.25) is 0 Å². The number of nitrogens with one attached hydrogen (secondary N) is 1. The molecule has 0 bridgehead atoms. The topological polar surface area (TPSA) is 40.8 Å². The lowest BCUT2D eigenvalue weighted by Crippen LogP contribution is -2.35. The maximum Gasteiger partial charge on any atom is 0.120 e. The van der Waals surface area contributed by atoms with Crippen LogP contribution < -0.4 is 5.32 Å². The molecule has 0 radical (unpaired) electrons. The molecule has 1 aliphatic rings. The van der Waals surface area contributed by atoms with E-state index < -0.39 is 0 Å². The van der Waals surface area contributed by atoms with Crippen LogP contribution in [0.5, 0.6) is 0 Å². The third-order valence-corrected chi connectivity index (χ3v) is 4.11. The average Bonchev–Trinajstić information content (AvgIpc) is 2.68. The molecule has 3 heteroatoms. The van der Waals surface area contributed by atoms with E-state index in [1.807, 2.05) is 23.9 Å². The summed E-state index contributed by atoms with van der Waals surface area (Å²) in [5.41, 5.74) is 2.47. The van der Waals surface area contributed by atoms with Gasteiger partial charge in [-0.05, 0) is 42.7 Å². The lowest BCUT2D eigenvalue weighted by molar-refractivity contribution is 0.206. The highest BCUT2D eigenvalue weighted by molar-refractivity contribution is 5.28. The summed E-state index contributed by atoms with van der Waals surface area (Å²) in [6.07, 6.45) is 7.19. The summed E-state index contributed by atoms with van der Waals surface area (Å²) in [5, 5.41) is 12.5. The molecule has 1 fully saturated rings. The van der Waals surface area contributed by atoms with Crippen molar-refractivity contribution in [3.05, 3.63) is 23.5 Å². The molecule has 0 aromatic carbocycles. The van der Waals surface area contributed by atoms with E-state index in [1.54, 1.807) is 0 Å². The van der Waals surface area contributed by atoms with Crippen LogP contribution in [-0.4, -0.2) is 10.6 Å². The first kappa shape index (κ1) is 13.2. The molecule has 1 aromatic heterocycles. The zero-order valence-electron chi connectivity index (χ0n) is 11.7. The van der Waals surface area contributed by atoms with Crippen molar-refractivity contribution in [3.8, 4) is 6.07 Å². The van der Waals surface area contributed by atoms with E-state index in [0.717, 1.165) is 12.2 Å². The van der Waals surface area contributed by atoms with E-state index in [0.29, 0.717) is 11.5 Å². The van der Waals surface area contributed by atoms with Crippen molar-refractivity contribution in [3.63, 3.8) is 0 Å². The van der Waals surface area contributed by atoms with E-state index >= 15 is 0 Å². The van der Waals surface area contributed by atoms with E-state index in [9.17, 15) is 0 Å². The molecular weight excluding hydrogens is 222 g/mol. The van der Waals surface area contributed by atoms with Gasteiger partial charge in [-0.2, -0.15) is 5.26 Å². The van der Waals surface area contributed by atoms with E-state index in [2.05, 4.69) is 25.2 Å². The Balaban J connectivity index is 1.83. The fraction of sp³-hybridized carbons (Fsp3) is 0.667. The number of nitrogens with zero attached hydrogens (tertiary/aromatic N) is 2. The highest BCUT2D eigenvalue weighted by Gasteiger charge is 2.26. The molecule has 0 aliphatic heterocycles. The molecule has 1 heterocycles. The maximum atomic E-state index is 8.92. The Bertz CT molecular complexity index is 441. The molecule has 0 atom stereocenters. The molecule has 0 saturated heterocycles. The smallest absolute Gasteiger partial charge is 0.120 e. The van der Waals surface area contributed by atoms with Crippen molar-refractivity contribution in [2.24, 2.45) is 12.5 Å². The first-order valence-electron chi connectivity index (χ1n) is 6.79. The Morgan fingerprint density at radius 1 is 1.44 bits per heavy atom. The normalized spacial score (nSPS) is 19.7. The van der Waals surface area contributed by atoms with Gasteiger partial charge in [0.25, 0.3) is 0 Å². The first-order chi connectivity index (χ1) is 8.50. The molecule has 1 aromatic rings. The average molecular weight is 245 g/mol. The molecule has 0 amide bonds. The highest BCUT2D eigenvalue weighted by atomic mass is 15.0. The van der Waals surface area contributed by atoms with Gasteiger partial charge in [0.15, 0.2) is 0 Å². The van der Waals surface area contributed by atoms with E-state index in [1.165, 1.54) is 31.2 Å². The molecule has 1 N–H and O–H groups in total. The van der Waals surface area contributed by atoms with Crippen LogP contribution in [0, 0.1) is 16.7 Å². The Labute approximate surface area is 110 Å². The van der Waals surface area contributed by atoms with Crippen molar-refractivity contribution >= 4 is 0 Å². The Hall–Kier alpha value is -1.27. The Kier molecular flexibility index (Phi) is 3.77. The Morgan fingerprint density at radius 3 is 2.67 bits per heavy atom. The minimum Gasteiger partial charge on any atom is -0.342 e. The molecular formula is C15H23N3. The lowest BCUT2D eigenvalue weighted by atomic mass is 9.75. The summed E-state index contributed by atoms with van der Waals surface area (Å²) in [6, 6.07) is 4.81. The molecule has 98 valence electrons. The summed E-state index contributed by atoms with van der Waals surface area (Å²) in [5.74, 6) is 0. The molecule has 2 rings (SSSR count). The molecule has 0 unspecified atom stereocenters. The van der Waals surface area contributed by atoms with Crippen LogP contribution in [0.2, 0.25) is 0 Å². The van der Waals surface area contributed by atoms with Crippen molar-refractivity contribution in [1.29, 1.82) is 5.26 Å². The second kappa shape index (κ2) is 5.16. The predicted molar refractivity (Wildman–Crippen MR) is 73.0 cm³/mol. The minimum absolute atomic E-state index is 0.527. The minimum atomic E-state index is 0.527. The summed E-state index contributed by atoms with van der Waals surface area (Å²) in [4.78, 5) is 0. The van der Waals surface area contributed by atoms with Gasteiger partial charge < -0.3 is 9.88 Å². The van der Waals surface area contributed by atoms with Gasteiger partial charge in [-0.15, -0.1) is 0 Å². The Morgan fingerprint density at radius 2 is 2.11 bits per heavy atom. The molecule has 1 aliphatic carbocycles. The van der Waals surface area contributed by atoms with Crippen molar-refractivity contribution < 1.29 is 0 Å². The maximum absolute atomic E-state index is 8.92. The van der Waals surface area contributed by atoms with Crippen LogP contribution >= 0.6 is 0 Å². The number of hydrogen-bond donors (Lipinski definition) is 1. The van der Waals surface area contributed by atoms with Crippen LogP contribution in [0.25, 0.3) is 0 Å². The standard InChI is InChI=1S/C15H23N3/c1-15(2)6-4-13(5-7-15)17-10-12-8-14(9-16)18(3)11-12/h8,11,13,17H,4-7,10H2,1-3H3. The summed E-state index contributed by atoms with van der Waals surface area (Å²) >= 11 is 0. The second-order valence-corrected chi connectivity index (χ2v) is 6.28. The van der Waals surface area contributed by atoms with E-state index in [4.69, 9.17) is 5.26 Å². The summed E-state index contributed by atoms with van der Waals surface area (Å²) in [7, 11) is 1.92. The van der Waals surface area contributed by atoms with Crippen molar-refractivity contribution in [1.82, 2.24) is 9.88 Å². The van der Waals surface area contributed by atoms with Crippen LogP contribution in [-0.2, 0) is 13.6 Å². The van der Waals surface area contributed by atoms with Crippen molar-refractivity contribution in [2.75, 3.05) is 0 Å². The van der Waals surface area contributed by atoms with Gasteiger partial charge >= 0.3 is 0 Å². The monoisotopic (exact) mass is 245 g/mol. The van der Waals surface area contributed by atoms with Gasteiger partial charge in [0.1, 0.15) is 11.8 Å². The number of aromatic nitrogens is 1. The van der Waals surface area contributed by atoms with Crippen LogP contribution in [0.1, 0.15) is 50.8 Å². The van der Waals surface area contributed by atoms with Crippen LogP contribution in [0.3, 0.4) is 0 Å². The third kappa shape index (κ3) is 3.14. The SMILES string of the molecule is Cn1cc(CNC2CCC(C)(C)CC2)cc1C#N. The highest BCUT2D eigenvalue weighted by Crippen LogP contribution is 2.35. The van der Waals surface area contributed by atoms with E-state index in [-0.39, 0.29) is 0 Å². The number of hydrogen-bond acceptors (Lipinski definition) is 2. The van der Waals surface area contributed by atoms with Crippen LogP contribution in [0.4, 0.5) is 0 Å². The van der Waals surface area contributed by atoms with Gasteiger partial charge in [0, 0.05) is 25.8 Å². The van der Waals surface area contributed by atoms with Gasteiger partial charge in [-0.3, -0.25) is 0 Å². The molecule has 1 saturated carbocycles.